The summed E-state index contributed by atoms with van der Waals surface area (Å²) in [5.41, 5.74) is 3.53. The number of fused-ring (bicyclic) bond motifs is 1. The quantitative estimate of drug-likeness (QED) is 0.764. The van der Waals surface area contributed by atoms with Crippen molar-refractivity contribution in [2.75, 3.05) is 12.4 Å². The molecule has 128 valence electrons. The molecule has 1 amide bonds. The fourth-order valence-corrected chi connectivity index (χ4v) is 2.98. The number of hydrogen-bond acceptors (Lipinski definition) is 3. The minimum Gasteiger partial charge on any atom is -0.497 e. The Morgan fingerprint density at radius 2 is 2.00 bits per heavy atom. The fraction of sp³-hybridized carbons (Fsp3) is 0.200. The molecule has 0 aliphatic carbocycles. The zero-order valence-electron chi connectivity index (χ0n) is 14.5. The SMILES string of the molecule is CCc1c(C)c2ccc(NC(=O)c3cccc(OC)c3)cc2[nH]c1=O. The van der Waals surface area contributed by atoms with E-state index >= 15 is 0 Å². The molecule has 0 saturated carbocycles. The van der Waals surface area contributed by atoms with E-state index in [1.165, 1.54) is 0 Å². The molecule has 0 atom stereocenters. The van der Waals surface area contributed by atoms with Crippen molar-refractivity contribution in [3.05, 3.63) is 69.5 Å². The molecule has 5 heteroatoms. The molecule has 0 aliphatic heterocycles. The number of benzene rings is 2. The smallest absolute Gasteiger partial charge is 0.255 e. The lowest BCUT2D eigenvalue weighted by atomic mass is 10.0. The summed E-state index contributed by atoms with van der Waals surface area (Å²) in [5.74, 6) is 0.390. The average molecular weight is 336 g/mol. The van der Waals surface area contributed by atoms with Crippen molar-refractivity contribution in [3.63, 3.8) is 0 Å². The van der Waals surface area contributed by atoms with Crippen LogP contribution < -0.4 is 15.6 Å². The van der Waals surface area contributed by atoms with Crippen LogP contribution in [0.1, 0.15) is 28.4 Å². The molecule has 0 unspecified atom stereocenters. The highest BCUT2D eigenvalue weighted by Crippen LogP contribution is 2.22. The minimum atomic E-state index is -0.234. The Kier molecular flexibility index (Phi) is 4.57. The van der Waals surface area contributed by atoms with E-state index < -0.39 is 0 Å². The standard InChI is InChI=1S/C20H20N2O3/c1-4-16-12(2)17-9-8-14(11-18(17)22-20(16)24)21-19(23)13-6-5-7-15(10-13)25-3/h5-11H,4H2,1-3H3,(H,21,23)(H,22,24). The van der Waals surface area contributed by atoms with Gasteiger partial charge in [-0.15, -0.1) is 0 Å². The summed E-state index contributed by atoms with van der Waals surface area (Å²) < 4.78 is 5.14. The molecule has 0 radical (unpaired) electrons. The molecule has 25 heavy (non-hydrogen) atoms. The van der Waals surface area contributed by atoms with Gasteiger partial charge in [-0.2, -0.15) is 0 Å². The van der Waals surface area contributed by atoms with Crippen LogP contribution in [0.5, 0.6) is 5.75 Å². The van der Waals surface area contributed by atoms with Gasteiger partial charge < -0.3 is 15.0 Å². The van der Waals surface area contributed by atoms with Gasteiger partial charge in [-0.05, 0) is 49.2 Å². The number of rotatable bonds is 4. The maximum Gasteiger partial charge on any atom is 0.255 e. The van der Waals surface area contributed by atoms with E-state index in [1.807, 2.05) is 26.0 Å². The predicted octanol–water partition coefficient (Wildman–Crippen LogP) is 3.66. The number of aryl methyl sites for hydroxylation is 1. The van der Waals surface area contributed by atoms with Crippen LogP contribution in [0.2, 0.25) is 0 Å². The van der Waals surface area contributed by atoms with Gasteiger partial charge in [-0.25, -0.2) is 0 Å². The van der Waals surface area contributed by atoms with Gasteiger partial charge in [-0.3, -0.25) is 9.59 Å². The molecule has 3 rings (SSSR count). The Bertz CT molecular complexity index is 1010. The monoisotopic (exact) mass is 336 g/mol. The third-order valence-corrected chi connectivity index (χ3v) is 4.34. The lowest BCUT2D eigenvalue weighted by Gasteiger charge is -2.10. The Morgan fingerprint density at radius 3 is 2.72 bits per heavy atom. The molecule has 2 aromatic carbocycles. The molecular formula is C20H20N2O3. The number of aromatic nitrogens is 1. The van der Waals surface area contributed by atoms with Crippen molar-refractivity contribution >= 4 is 22.5 Å². The molecule has 0 bridgehead atoms. The number of aromatic amines is 1. The minimum absolute atomic E-state index is 0.0798. The number of amides is 1. The number of H-pyrrole nitrogens is 1. The van der Waals surface area contributed by atoms with Crippen LogP contribution in [0.25, 0.3) is 10.9 Å². The zero-order chi connectivity index (χ0) is 18.0. The zero-order valence-corrected chi connectivity index (χ0v) is 14.5. The first kappa shape index (κ1) is 16.8. The van der Waals surface area contributed by atoms with Crippen molar-refractivity contribution in [3.8, 4) is 5.75 Å². The van der Waals surface area contributed by atoms with Gasteiger partial charge in [-0.1, -0.05) is 19.1 Å². The van der Waals surface area contributed by atoms with Gasteiger partial charge >= 0.3 is 0 Å². The number of ether oxygens (including phenoxy) is 1. The number of carbonyl (C=O) groups excluding carboxylic acids is 1. The summed E-state index contributed by atoms with van der Waals surface area (Å²) >= 11 is 0. The van der Waals surface area contributed by atoms with E-state index in [1.54, 1.807) is 37.4 Å². The average Bonchev–Trinajstić information content (AvgIpc) is 2.62. The molecule has 0 saturated heterocycles. The molecule has 1 aromatic heterocycles. The maximum absolute atomic E-state index is 12.4. The largest absolute Gasteiger partial charge is 0.497 e. The van der Waals surface area contributed by atoms with E-state index in [-0.39, 0.29) is 11.5 Å². The maximum atomic E-state index is 12.4. The number of methoxy groups -OCH3 is 1. The predicted molar refractivity (Wildman–Crippen MR) is 99.6 cm³/mol. The van der Waals surface area contributed by atoms with Crippen molar-refractivity contribution in [2.45, 2.75) is 20.3 Å². The Balaban J connectivity index is 1.94. The molecule has 2 N–H and O–H groups in total. The van der Waals surface area contributed by atoms with Gasteiger partial charge in [0.2, 0.25) is 0 Å². The van der Waals surface area contributed by atoms with Crippen LogP contribution >= 0.6 is 0 Å². The van der Waals surface area contributed by atoms with E-state index in [4.69, 9.17) is 4.74 Å². The highest BCUT2D eigenvalue weighted by molar-refractivity contribution is 6.05. The second-order valence-electron chi connectivity index (χ2n) is 5.86. The molecular weight excluding hydrogens is 316 g/mol. The highest BCUT2D eigenvalue weighted by Gasteiger charge is 2.10. The van der Waals surface area contributed by atoms with E-state index in [0.29, 0.717) is 28.9 Å². The molecule has 5 nitrogen and oxygen atoms in total. The second kappa shape index (κ2) is 6.81. The molecule has 0 fully saturated rings. The third-order valence-electron chi connectivity index (χ3n) is 4.34. The lowest BCUT2D eigenvalue weighted by Crippen LogP contribution is -2.15. The summed E-state index contributed by atoms with van der Waals surface area (Å²) in [7, 11) is 1.56. The van der Waals surface area contributed by atoms with Crippen molar-refractivity contribution in [2.24, 2.45) is 0 Å². The Hall–Kier alpha value is -3.08. The normalized spacial score (nSPS) is 10.7. The van der Waals surface area contributed by atoms with E-state index in [2.05, 4.69) is 10.3 Å². The molecule has 1 heterocycles. The van der Waals surface area contributed by atoms with Gasteiger partial charge in [0.25, 0.3) is 11.5 Å². The number of anilines is 1. The summed E-state index contributed by atoms with van der Waals surface area (Å²) in [5, 5.41) is 3.83. The van der Waals surface area contributed by atoms with Crippen molar-refractivity contribution in [1.29, 1.82) is 0 Å². The Morgan fingerprint density at radius 1 is 1.20 bits per heavy atom. The Labute approximate surface area is 145 Å². The first-order chi connectivity index (χ1) is 12.0. The fourth-order valence-electron chi connectivity index (χ4n) is 2.98. The van der Waals surface area contributed by atoms with Crippen LogP contribution in [0.3, 0.4) is 0 Å². The molecule has 3 aromatic rings. The first-order valence-corrected chi connectivity index (χ1v) is 8.14. The van der Waals surface area contributed by atoms with E-state index in [0.717, 1.165) is 16.5 Å². The molecule has 0 aliphatic rings. The first-order valence-electron chi connectivity index (χ1n) is 8.14. The van der Waals surface area contributed by atoms with Crippen LogP contribution in [-0.2, 0) is 6.42 Å². The highest BCUT2D eigenvalue weighted by atomic mass is 16.5. The lowest BCUT2D eigenvalue weighted by molar-refractivity contribution is 0.102. The number of hydrogen-bond donors (Lipinski definition) is 2. The topological polar surface area (TPSA) is 71.2 Å². The number of carbonyl (C=O) groups is 1. The van der Waals surface area contributed by atoms with Crippen LogP contribution in [0, 0.1) is 6.92 Å². The summed E-state index contributed by atoms with van der Waals surface area (Å²) in [6.07, 6.45) is 0.686. The van der Waals surface area contributed by atoms with Gasteiger partial charge in [0.15, 0.2) is 0 Å². The summed E-state index contributed by atoms with van der Waals surface area (Å²) in [4.78, 5) is 27.5. The van der Waals surface area contributed by atoms with Crippen molar-refractivity contribution < 1.29 is 9.53 Å². The number of nitrogens with one attached hydrogen (secondary N) is 2. The van der Waals surface area contributed by atoms with Crippen molar-refractivity contribution in [1.82, 2.24) is 4.98 Å². The summed E-state index contributed by atoms with van der Waals surface area (Å²) in [6.45, 7) is 3.91. The second-order valence-corrected chi connectivity index (χ2v) is 5.86. The van der Waals surface area contributed by atoms with Gasteiger partial charge in [0.1, 0.15) is 5.75 Å². The third kappa shape index (κ3) is 3.26. The van der Waals surface area contributed by atoms with Crippen LogP contribution in [0.15, 0.2) is 47.3 Å². The number of pyridine rings is 1. The van der Waals surface area contributed by atoms with Gasteiger partial charge in [0.05, 0.1) is 12.6 Å². The van der Waals surface area contributed by atoms with E-state index in [9.17, 15) is 9.59 Å². The van der Waals surface area contributed by atoms with Gasteiger partial charge in [0, 0.05) is 22.2 Å². The summed E-state index contributed by atoms with van der Waals surface area (Å²) in [6, 6.07) is 12.5. The molecule has 0 spiro atoms. The van der Waals surface area contributed by atoms with Crippen LogP contribution in [0.4, 0.5) is 5.69 Å². The van der Waals surface area contributed by atoms with Crippen LogP contribution in [-0.4, -0.2) is 18.0 Å².